The van der Waals surface area contributed by atoms with Crippen LogP contribution in [0.25, 0.3) is 6.08 Å². The molecule has 0 heterocycles. The number of anilines is 2. The van der Waals surface area contributed by atoms with E-state index in [0.29, 0.717) is 28.3 Å². The van der Waals surface area contributed by atoms with Crippen molar-refractivity contribution in [3.8, 4) is 5.75 Å². The van der Waals surface area contributed by atoms with E-state index in [0.717, 1.165) is 4.90 Å². The Kier molecular flexibility index (Phi) is 10.1. The Bertz CT molecular complexity index is 1580. The quantitative estimate of drug-likeness (QED) is 0.143. The highest BCUT2D eigenvalue weighted by molar-refractivity contribution is 8.00. The van der Waals surface area contributed by atoms with Crippen LogP contribution in [0.3, 0.4) is 0 Å². The normalized spacial score (nSPS) is 11.0. The van der Waals surface area contributed by atoms with Crippen LogP contribution in [0.1, 0.15) is 15.9 Å². The smallest absolute Gasteiger partial charge is 0.272 e. The van der Waals surface area contributed by atoms with Crippen LogP contribution in [-0.4, -0.2) is 30.6 Å². The lowest BCUT2D eigenvalue weighted by Gasteiger charge is -2.12. The third-order valence-electron chi connectivity index (χ3n) is 5.62. The highest BCUT2D eigenvalue weighted by Crippen LogP contribution is 2.24. The van der Waals surface area contributed by atoms with Crippen molar-refractivity contribution in [2.45, 2.75) is 4.90 Å². The molecule has 4 aromatic rings. The van der Waals surface area contributed by atoms with Gasteiger partial charge in [0, 0.05) is 21.8 Å². The summed E-state index contributed by atoms with van der Waals surface area (Å²) in [6, 6.07) is 26.5. The first-order valence-corrected chi connectivity index (χ1v) is 13.7. The van der Waals surface area contributed by atoms with E-state index in [9.17, 15) is 18.8 Å². The molecule has 0 aromatic heterocycles. The van der Waals surface area contributed by atoms with E-state index >= 15 is 0 Å². The Morgan fingerprint density at radius 2 is 1.61 bits per heavy atom. The number of carbonyl (C=O) groups excluding carboxylic acids is 3. The highest BCUT2D eigenvalue weighted by Gasteiger charge is 2.16. The summed E-state index contributed by atoms with van der Waals surface area (Å²) < 4.78 is 18.5. The van der Waals surface area contributed by atoms with Crippen molar-refractivity contribution in [3.63, 3.8) is 0 Å². The van der Waals surface area contributed by atoms with E-state index in [-0.39, 0.29) is 22.4 Å². The molecule has 3 amide bonds. The van der Waals surface area contributed by atoms with Gasteiger partial charge in [0.05, 0.1) is 17.9 Å². The summed E-state index contributed by atoms with van der Waals surface area (Å²) in [6.45, 7) is 0. The lowest BCUT2D eigenvalue weighted by molar-refractivity contribution is -0.114. The van der Waals surface area contributed by atoms with Gasteiger partial charge in [0.25, 0.3) is 11.8 Å². The van der Waals surface area contributed by atoms with Crippen LogP contribution in [0.15, 0.2) is 108 Å². The summed E-state index contributed by atoms with van der Waals surface area (Å²) in [6.07, 6.45) is 1.57. The number of ether oxygens (including phenoxy) is 1. The van der Waals surface area contributed by atoms with E-state index in [1.54, 1.807) is 92.0 Å². The minimum absolute atomic E-state index is 0.0411. The summed E-state index contributed by atoms with van der Waals surface area (Å²) in [7, 11) is 1.56. The van der Waals surface area contributed by atoms with Crippen LogP contribution in [0, 0.1) is 5.82 Å². The summed E-state index contributed by atoms with van der Waals surface area (Å²) in [4.78, 5) is 39.3. The summed E-state index contributed by atoms with van der Waals surface area (Å²) >= 11 is 7.02. The average Bonchev–Trinajstić information content (AvgIpc) is 2.98. The van der Waals surface area contributed by atoms with Gasteiger partial charge in [-0.15, -0.1) is 11.8 Å². The van der Waals surface area contributed by atoms with Gasteiger partial charge in [-0.25, -0.2) is 4.39 Å². The largest absolute Gasteiger partial charge is 0.497 e. The molecule has 208 valence electrons. The monoisotopic (exact) mass is 589 g/mol. The van der Waals surface area contributed by atoms with Gasteiger partial charge in [0.2, 0.25) is 5.91 Å². The molecule has 0 aliphatic carbocycles. The Balaban J connectivity index is 1.45. The van der Waals surface area contributed by atoms with Crippen LogP contribution in [0.2, 0.25) is 5.02 Å². The molecule has 0 bridgehead atoms. The molecule has 0 atom stereocenters. The molecule has 0 spiro atoms. The fourth-order valence-corrected chi connectivity index (χ4v) is 4.53. The van der Waals surface area contributed by atoms with Crippen LogP contribution in [0.4, 0.5) is 15.8 Å². The number of hydrogen-bond acceptors (Lipinski definition) is 5. The molecule has 4 rings (SSSR count). The number of benzene rings is 4. The Morgan fingerprint density at radius 3 is 2.32 bits per heavy atom. The average molecular weight is 590 g/mol. The number of nitrogens with one attached hydrogen (secondary N) is 3. The number of halogens is 2. The predicted molar refractivity (Wildman–Crippen MR) is 161 cm³/mol. The zero-order valence-corrected chi connectivity index (χ0v) is 23.4. The first-order valence-electron chi connectivity index (χ1n) is 12.3. The van der Waals surface area contributed by atoms with Gasteiger partial charge in [-0.3, -0.25) is 14.4 Å². The third kappa shape index (κ3) is 8.69. The molecule has 0 unspecified atom stereocenters. The molecule has 0 fully saturated rings. The second kappa shape index (κ2) is 14.2. The Hall–Kier alpha value is -4.60. The first kappa shape index (κ1) is 29.4. The molecule has 4 aromatic carbocycles. The minimum atomic E-state index is -0.570. The maximum absolute atomic E-state index is 13.4. The maximum atomic E-state index is 13.4. The zero-order chi connectivity index (χ0) is 29.2. The van der Waals surface area contributed by atoms with Gasteiger partial charge >= 0.3 is 0 Å². The number of carbonyl (C=O) groups is 3. The number of rotatable bonds is 10. The molecule has 0 saturated carbocycles. The van der Waals surface area contributed by atoms with Crippen LogP contribution in [-0.2, 0) is 9.59 Å². The fourth-order valence-electron chi connectivity index (χ4n) is 3.59. The lowest BCUT2D eigenvalue weighted by atomic mass is 10.1. The topological polar surface area (TPSA) is 96.5 Å². The molecular formula is C31H25ClFN3O4S. The zero-order valence-electron chi connectivity index (χ0n) is 21.8. The SMILES string of the molecule is COc1ccc(/C=C(/NC(=O)c2ccccc2)C(=O)Nc2cccc(SCC(=O)Nc3ccc(F)c(Cl)c3)c2)cc1. The molecule has 10 heteroatoms. The summed E-state index contributed by atoms with van der Waals surface area (Å²) in [5.74, 6) is -1.11. The first-order chi connectivity index (χ1) is 19.8. The summed E-state index contributed by atoms with van der Waals surface area (Å²) in [5.41, 5.74) is 1.99. The Morgan fingerprint density at radius 1 is 0.878 bits per heavy atom. The van der Waals surface area contributed by atoms with Crippen LogP contribution >= 0.6 is 23.4 Å². The van der Waals surface area contributed by atoms with Crippen molar-refractivity contribution < 1.29 is 23.5 Å². The molecule has 41 heavy (non-hydrogen) atoms. The van der Waals surface area contributed by atoms with Crippen molar-refractivity contribution >= 4 is 58.5 Å². The van der Waals surface area contributed by atoms with Crippen LogP contribution < -0.4 is 20.7 Å². The lowest BCUT2D eigenvalue weighted by Crippen LogP contribution is -2.30. The van der Waals surface area contributed by atoms with Crippen molar-refractivity contribution in [1.29, 1.82) is 0 Å². The maximum Gasteiger partial charge on any atom is 0.272 e. The number of methoxy groups -OCH3 is 1. The number of amides is 3. The van der Waals surface area contributed by atoms with Crippen molar-refractivity contribution in [2.24, 2.45) is 0 Å². The minimum Gasteiger partial charge on any atom is -0.497 e. The van der Waals surface area contributed by atoms with Gasteiger partial charge < -0.3 is 20.7 Å². The summed E-state index contributed by atoms with van der Waals surface area (Å²) in [5, 5.41) is 8.10. The molecular weight excluding hydrogens is 565 g/mol. The fraction of sp³-hybridized carbons (Fsp3) is 0.0645. The number of thioether (sulfide) groups is 1. The van der Waals surface area contributed by atoms with E-state index in [1.165, 1.54) is 30.0 Å². The van der Waals surface area contributed by atoms with E-state index in [1.807, 2.05) is 0 Å². The molecule has 0 aliphatic rings. The second-order valence-corrected chi connectivity index (χ2v) is 10.1. The number of hydrogen-bond donors (Lipinski definition) is 3. The van der Waals surface area contributed by atoms with E-state index < -0.39 is 17.6 Å². The van der Waals surface area contributed by atoms with Gasteiger partial charge in [0.1, 0.15) is 17.3 Å². The van der Waals surface area contributed by atoms with Crippen molar-refractivity contribution in [3.05, 3.63) is 125 Å². The van der Waals surface area contributed by atoms with Gasteiger partial charge in [-0.05, 0) is 72.3 Å². The molecule has 7 nitrogen and oxygen atoms in total. The van der Waals surface area contributed by atoms with Gasteiger partial charge in [0.15, 0.2) is 0 Å². The molecule has 0 radical (unpaired) electrons. The standard InChI is InChI=1S/C31H25ClFN3O4S/c1-40-24-13-10-20(11-14-24)16-28(36-30(38)21-6-3-2-4-7-21)31(39)35-22-8-5-9-25(17-22)41-19-29(37)34-23-12-15-27(33)26(32)18-23/h2-18H,19H2,1H3,(H,34,37)(H,35,39)(H,36,38)/b28-16+. The van der Waals surface area contributed by atoms with E-state index in [4.69, 9.17) is 16.3 Å². The van der Waals surface area contributed by atoms with Crippen LogP contribution in [0.5, 0.6) is 5.75 Å². The Labute approximate surface area is 245 Å². The highest BCUT2D eigenvalue weighted by atomic mass is 35.5. The van der Waals surface area contributed by atoms with E-state index in [2.05, 4.69) is 16.0 Å². The molecule has 3 N–H and O–H groups in total. The van der Waals surface area contributed by atoms with Crippen molar-refractivity contribution in [2.75, 3.05) is 23.5 Å². The van der Waals surface area contributed by atoms with Gasteiger partial charge in [-0.2, -0.15) is 0 Å². The molecule has 0 aliphatic heterocycles. The van der Waals surface area contributed by atoms with Crippen molar-refractivity contribution in [1.82, 2.24) is 5.32 Å². The second-order valence-electron chi connectivity index (χ2n) is 8.60. The predicted octanol–water partition coefficient (Wildman–Crippen LogP) is 6.63. The molecule has 0 saturated heterocycles. The third-order valence-corrected chi connectivity index (χ3v) is 6.90. The van der Waals surface area contributed by atoms with Gasteiger partial charge in [-0.1, -0.05) is 48.0 Å².